The number of ether oxygens (including phenoxy) is 1. The zero-order valence-corrected chi connectivity index (χ0v) is 22.1. The summed E-state index contributed by atoms with van der Waals surface area (Å²) in [6, 6.07) is 8.23. The van der Waals surface area contributed by atoms with Crippen LogP contribution in [0.4, 0.5) is 11.6 Å². The lowest BCUT2D eigenvalue weighted by atomic mass is 9.92. The van der Waals surface area contributed by atoms with E-state index in [0.29, 0.717) is 17.5 Å². The Morgan fingerprint density at radius 3 is 2.68 bits per heavy atom. The van der Waals surface area contributed by atoms with Gasteiger partial charge in [-0.3, -0.25) is 4.79 Å². The predicted molar refractivity (Wildman–Crippen MR) is 148 cm³/mol. The van der Waals surface area contributed by atoms with Crippen LogP contribution >= 0.6 is 0 Å². The fourth-order valence-electron chi connectivity index (χ4n) is 5.61. The molecule has 2 aliphatic carbocycles. The van der Waals surface area contributed by atoms with Gasteiger partial charge in [-0.05, 0) is 68.6 Å². The minimum Gasteiger partial charge on any atom is -0.391 e. The molecule has 3 heterocycles. The monoisotopic (exact) mass is 518 g/mol. The number of benzene rings is 1. The Morgan fingerprint density at radius 2 is 1.92 bits per heavy atom. The van der Waals surface area contributed by atoms with E-state index < -0.39 is 0 Å². The van der Waals surface area contributed by atoms with Crippen molar-refractivity contribution >= 4 is 23.2 Å². The highest BCUT2D eigenvalue weighted by Gasteiger charge is 2.26. The summed E-state index contributed by atoms with van der Waals surface area (Å²) < 4.78 is 7.39. The van der Waals surface area contributed by atoms with Gasteiger partial charge in [0.2, 0.25) is 0 Å². The van der Waals surface area contributed by atoms with Crippen LogP contribution in [0.15, 0.2) is 30.5 Å². The molecular weight excluding hydrogens is 480 g/mol. The molecule has 3 aliphatic rings. The average Bonchev–Trinajstić information content (AvgIpc) is 3.64. The summed E-state index contributed by atoms with van der Waals surface area (Å²) in [5, 5.41) is 25.5. The van der Waals surface area contributed by atoms with Gasteiger partial charge in [-0.15, -0.1) is 0 Å². The third kappa shape index (κ3) is 5.49. The average molecular weight is 519 g/mol. The summed E-state index contributed by atoms with van der Waals surface area (Å²) in [7, 11) is 0. The van der Waals surface area contributed by atoms with Crippen molar-refractivity contribution in [2.45, 2.75) is 76.5 Å². The molecule has 202 valence electrons. The molecule has 6 rings (SSSR count). The minimum absolute atomic E-state index is 0.00772. The van der Waals surface area contributed by atoms with Gasteiger partial charge in [0, 0.05) is 43.0 Å². The number of nitrogens with one attached hydrogen (secondary N) is 3. The number of nitrogens with zero attached hydrogens (tertiary/aromatic N) is 3. The molecule has 9 heteroatoms. The van der Waals surface area contributed by atoms with Gasteiger partial charge in [-0.2, -0.15) is 9.61 Å². The molecule has 1 aromatic carbocycles. The topological polar surface area (TPSA) is 113 Å². The number of hydrogen-bond acceptors (Lipinski definition) is 7. The number of anilines is 2. The standard InChI is InChI=1S/C29H38N6O3/c1-18-14-20(6-9-22(18)29(37)32-21-7-8-21)23-17-31-35-27(30-16-19-10-12-38-13-11-19)15-26(34-28(23)35)33-24-4-2-3-5-25(24)36/h6,9,14-15,17,19,21,24-25,30,36H,2-5,7-8,10-13,16H2,1H3,(H,32,37)(H,33,34)/t24-,25-/m0/s1. The molecule has 1 amide bonds. The molecule has 3 aromatic rings. The van der Waals surface area contributed by atoms with Crippen LogP contribution in [0.3, 0.4) is 0 Å². The van der Waals surface area contributed by atoms with Crippen molar-refractivity contribution in [1.82, 2.24) is 19.9 Å². The molecule has 0 bridgehead atoms. The number of amides is 1. The molecule has 38 heavy (non-hydrogen) atoms. The first-order chi connectivity index (χ1) is 18.5. The van der Waals surface area contributed by atoms with Crippen LogP contribution in [0.1, 0.15) is 67.3 Å². The summed E-state index contributed by atoms with van der Waals surface area (Å²) in [6.07, 6.45) is 9.60. The summed E-state index contributed by atoms with van der Waals surface area (Å²) >= 11 is 0. The maximum absolute atomic E-state index is 12.6. The number of rotatable bonds is 8. The van der Waals surface area contributed by atoms with Crippen LogP contribution < -0.4 is 16.0 Å². The second kappa shape index (κ2) is 10.9. The van der Waals surface area contributed by atoms with E-state index in [1.165, 1.54) is 0 Å². The van der Waals surface area contributed by atoms with E-state index in [4.69, 9.17) is 14.8 Å². The van der Waals surface area contributed by atoms with Crippen molar-refractivity contribution in [2.24, 2.45) is 5.92 Å². The Hall–Kier alpha value is -3.17. The second-order valence-electron chi connectivity index (χ2n) is 11.1. The number of carbonyl (C=O) groups is 1. The second-order valence-corrected chi connectivity index (χ2v) is 11.1. The summed E-state index contributed by atoms with van der Waals surface area (Å²) in [5.41, 5.74) is 4.25. The van der Waals surface area contributed by atoms with Gasteiger partial charge in [-0.25, -0.2) is 4.98 Å². The fourth-order valence-corrected chi connectivity index (χ4v) is 5.61. The quantitative estimate of drug-likeness (QED) is 0.354. The van der Waals surface area contributed by atoms with E-state index in [9.17, 15) is 9.90 Å². The zero-order valence-electron chi connectivity index (χ0n) is 22.1. The van der Waals surface area contributed by atoms with Crippen LogP contribution in [0, 0.1) is 12.8 Å². The molecule has 0 radical (unpaired) electrons. The highest BCUT2D eigenvalue weighted by molar-refractivity contribution is 5.97. The summed E-state index contributed by atoms with van der Waals surface area (Å²) in [6.45, 7) is 4.44. The third-order valence-electron chi connectivity index (χ3n) is 8.14. The maximum Gasteiger partial charge on any atom is 0.251 e. The first kappa shape index (κ1) is 25.1. The van der Waals surface area contributed by atoms with Crippen LogP contribution in [0.2, 0.25) is 0 Å². The van der Waals surface area contributed by atoms with Crippen molar-refractivity contribution in [3.8, 4) is 11.1 Å². The van der Waals surface area contributed by atoms with E-state index in [0.717, 1.165) is 105 Å². The molecule has 9 nitrogen and oxygen atoms in total. The highest BCUT2D eigenvalue weighted by Crippen LogP contribution is 2.31. The van der Waals surface area contributed by atoms with Crippen molar-refractivity contribution in [3.05, 3.63) is 41.6 Å². The first-order valence-corrected chi connectivity index (χ1v) is 14.1. The molecule has 1 aliphatic heterocycles. The Bertz CT molecular complexity index is 1300. The number of aryl methyl sites for hydroxylation is 1. The highest BCUT2D eigenvalue weighted by atomic mass is 16.5. The molecule has 2 atom stereocenters. The molecule has 2 saturated carbocycles. The molecule has 0 spiro atoms. The van der Waals surface area contributed by atoms with Gasteiger partial charge in [-0.1, -0.05) is 25.0 Å². The van der Waals surface area contributed by atoms with E-state index >= 15 is 0 Å². The number of fused-ring (bicyclic) bond motifs is 1. The van der Waals surface area contributed by atoms with E-state index in [-0.39, 0.29) is 18.1 Å². The van der Waals surface area contributed by atoms with Crippen LogP contribution in [0.25, 0.3) is 16.8 Å². The molecular formula is C29H38N6O3. The normalized spacial score (nSPS) is 22.4. The Morgan fingerprint density at radius 1 is 1.11 bits per heavy atom. The van der Waals surface area contributed by atoms with Gasteiger partial charge in [0.05, 0.1) is 18.3 Å². The zero-order chi connectivity index (χ0) is 26.1. The predicted octanol–water partition coefficient (Wildman–Crippen LogP) is 4.15. The summed E-state index contributed by atoms with van der Waals surface area (Å²) in [4.78, 5) is 17.6. The molecule has 2 aromatic heterocycles. The van der Waals surface area contributed by atoms with Gasteiger partial charge in [0.15, 0.2) is 5.65 Å². The van der Waals surface area contributed by atoms with Crippen molar-refractivity contribution in [1.29, 1.82) is 0 Å². The van der Waals surface area contributed by atoms with E-state index in [1.807, 2.05) is 41.9 Å². The molecule has 3 fully saturated rings. The number of aliphatic hydroxyl groups is 1. The number of carbonyl (C=O) groups excluding carboxylic acids is 1. The molecule has 1 saturated heterocycles. The largest absolute Gasteiger partial charge is 0.391 e. The SMILES string of the molecule is Cc1cc(-c2cnn3c(NCC4CCOCC4)cc(N[C@H]4CCCC[C@@H]4O)nc23)ccc1C(=O)NC1CC1. The minimum atomic E-state index is -0.373. The van der Waals surface area contributed by atoms with Crippen molar-refractivity contribution in [3.63, 3.8) is 0 Å². The van der Waals surface area contributed by atoms with Gasteiger partial charge < -0.3 is 25.8 Å². The number of hydrogen-bond donors (Lipinski definition) is 4. The van der Waals surface area contributed by atoms with Gasteiger partial charge >= 0.3 is 0 Å². The van der Waals surface area contributed by atoms with Crippen LogP contribution in [0.5, 0.6) is 0 Å². The van der Waals surface area contributed by atoms with E-state index in [1.54, 1.807) is 0 Å². The lowest BCUT2D eigenvalue weighted by Crippen LogP contribution is -2.36. The third-order valence-corrected chi connectivity index (χ3v) is 8.14. The number of aromatic nitrogens is 3. The van der Waals surface area contributed by atoms with E-state index in [2.05, 4.69) is 16.0 Å². The Kier molecular flexibility index (Phi) is 7.21. The summed E-state index contributed by atoms with van der Waals surface area (Å²) in [5.74, 6) is 2.15. The Balaban J connectivity index is 1.32. The molecule has 0 unspecified atom stereocenters. The maximum atomic E-state index is 12.6. The lowest BCUT2D eigenvalue weighted by molar-refractivity contribution is 0.0699. The fraction of sp³-hybridized carbons (Fsp3) is 0.552. The Labute approximate surface area is 223 Å². The van der Waals surface area contributed by atoms with Crippen molar-refractivity contribution < 1.29 is 14.6 Å². The van der Waals surface area contributed by atoms with Gasteiger partial charge in [0.25, 0.3) is 5.91 Å². The van der Waals surface area contributed by atoms with Gasteiger partial charge in [0.1, 0.15) is 11.6 Å². The first-order valence-electron chi connectivity index (χ1n) is 14.1. The molecule has 4 N–H and O–H groups in total. The number of aliphatic hydroxyl groups excluding tert-OH is 1. The van der Waals surface area contributed by atoms with Crippen LogP contribution in [-0.2, 0) is 4.74 Å². The lowest BCUT2D eigenvalue weighted by Gasteiger charge is -2.29. The van der Waals surface area contributed by atoms with Crippen molar-refractivity contribution in [2.75, 3.05) is 30.4 Å². The smallest absolute Gasteiger partial charge is 0.251 e. The van der Waals surface area contributed by atoms with Crippen LogP contribution in [-0.4, -0.2) is 63.6 Å².